The Labute approximate surface area is 116 Å². The molecule has 3 heteroatoms. The zero-order valence-electron chi connectivity index (χ0n) is 12.2. The van der Waals surface area contributed by atoms with E-state index in [-0.39, 0.29) is 0 Å². The van der Waals surface area contributed by atoms with Crippen LogP contribution in [0.2, 0.25) is 0 Å². The highest BCUT2D eigenvalue weighted by Crippen LogP contribution is 2.24. The van der Waals surface area contributed by atoms with Crippen LogP contribution in [0.5, 0.6) is 5.75 Å². The standard InChI is InChI=1S/C16H25NO2/c1-4-15-14(5-6-19-15)10-17-9-13-7-11(2)16(18)12(3)8-13/h7-8,14-15,17-18H,4-6,9-10H2,1-3H3. The number of phenolic OH excluding ortho intramolecular Hbond substituents is 1. The number of benzene rings is 1. The lowest BCUT2D eigenvalue weighted by molar-refractivity contribution is 0.0872. The van der Waals surface area contributed by atoms with Crippen molar-refractivity contribution in [2.45, 2.75) is 46.3 Å². The van der Waals surface area contributed by atoms with Crippen molar-refractivity contribution in [3.05, 3.63) is 28.8 Å². The van der Waals surface area contributed by atoms with Gasteiger partial charge in [0, 0.05) is 19.7 Å². The molecular formula is C16H25NO2. The average molecular weight is 263 g/mol. The molecule has 0 amide bonds. The van der Waals surface area contributed by atoms with Gasteiger partial charge in [-0.2, -0.15) is 0 Å². The van der Waals surface area contributed by atoms with E-state index in [0.717, 1.165) is 37.2 Å². The molecule has 2 N–H and O–H groups in total. The molecule has 1 fully saturated rings. The van der Waals surface area contributed by atoms with E-state index in [1.54, 1.807) is 0 Å². The summed E-state index contributed by atoms with van der Waals surface area (Å²) in [5, 5.41) is 13.3. The lowest BCUT2D eigenvalue weighted by Crippen LogP contribution is -2.28. The molecule has 1 heterocycles. The molecule has 0 aromatic heterocycles. The third-order valence-corrected chi connectivity index (χ3v) is 4.04. The molecule has 0 saturated carbocycles. The van der Waals surface area contributed by atoms with Crippen LogP contribution in [0.3, 0.4) is 0 Å². The Hall–Kier alpha value is -1.06. The minimum Gasteiger partial charge on any atom is -0.507 e. The fraction of sp³-hybridized carbons (Fsp3) is 0.625. The summed E-state index contributed by atoms with van der Waals surface area (Å²) in [5.74, 6) is 1.06. The number of nitrogens with one attached hydrogen (secondary N) is 1. The van der Waals surface area contributed by atoms with Gasteiger partial charge in [-0.1, -0.05) is 19.1 Å². The number of rotatable bonds is 5. The SMILES string of the molecule is CCC1OCCC1CNCc1cc(C)c(O)c(C)c1. The van der Waals surface area contributed by atoms with E-state index >= 15 is 0 Å². The van der Waals surface area contributed by atoms with E-state index in [4.69, 9.17) is 4.74 Å². The van der Waals surface area contributed by atoms with Gasteiger partial charge in [0.1, 0.15) is 5.75 Å². The third kappa shape index (κ3) is 3.48. The van der Waals surface area contributed by atoms with Crippen molar-refractivity contribution in [1.29, 1.82) is 0 Å². The van der Waals surface area contributed by atoms with Crippen LogP contribution in [0.1, 0.15) is 36.5 Å². The summed E-state index contributed by atoms with van der Waals surface area (Å²) >= 11 is 0. The molecule has 19 heavy (non-hydrogen) atoms. The molecule has 1 aliphatic rings. The molecule has 0 bridgehead atoms. The highest BCUT2D eigenvalue weighted by Gasteiger charge is 2.25. The maximum atomic E-state index is 9.76. The molecule has 1 aliphatic heterocycles. The summed E-state index contributed by atoms with van der Waals surface area (Å²) in [5.41, 5.74) is 3.14. The van der Waals surface area contributed by atoms with Gasteiger partial charge in [0.15, 0.2) is 0 Å². The Bertz CT molecular complexity index is 408. The minimum atomic E-state index is 0.416. The van der Waals surface area contributed by atoms with Gasteiger partial charge in [-0.3, -0.25) is 0 Å². The molecule has 3 nitrogen and oxygen atoms in total. The predicted octanol–water partition coefficient (Wildman–Crippen LogP) is 2.91. The van der Waals surface area contributed by atoms with E-state index in [2.05, 4.69) is 24.4 Å². The quantitative estimate of drug-likeness (QED) is 0.858. The lowest BCUT2D eigenvalue weighted by Gasteiger charge is -2.17. The normalized spacial score (nSPS) is 22.9. The van der Waals surface area contributed by atoms with E-state index in [0.29, 0.717) is 17.8 Å². The first-order valence-corrected chi connectivity index (χ1v) is 7.23. The molecule has 1 aromatic carbocycles. The van der Waals surface area contributed by atoms with Crippen LogP contribution in [0.25, 0.3) is 0 Å². The van der Waals surface area contributed by atoms with E-state index in [1.165, 1.54) is 12.0 Å². The van der Waals surface area contributed by atoms with Gasteiger partial charge in [-0.15, -0.1) is 0 Å². The smallest absolute Gasteiger partial charge is 0.121 e. The van der Waals surface area contributed by atoms with Crippen molar-refractivity contribution in [1.82, 2.24) is 5.32 Å². The van der Waals surface area contributed by atoms with Crippen molar-refractivity contribution in [3.8, 4) is 5.75 Å². The number of aromatic hydroxyl groups is 1. The Morgan fingerprint density at radius 2 is 2.00 bits per heavy atom. The highest BCUT2D eigenvalue weighted by molar-refractivity contribution is 5.42. The molecule has 2 rings (SSSR count). The van der Waals surface area contributed by atoms with Crippen LogP contribution in [0.15, 0.2) is 12.1 Å². The largest absolute Gasteiger partial charge is 0.507 e. The zero-order chi connectivity index (χ0) is 13.8. The number of hydrogen-bond donors (Lipinski definition) is 2. The first kappa shape index (κ1) is 14.4. The van der Waals surface area contributed by atoms with Gasteiger partial charge < -0.3 is 15.2 Å². The van der Waals surface area contributed by atoms with Crippen LogP contribution in [-0.4, -0.2) is 24.4 Å². The summed E-state index contributed by atoms with van der Waals surface area (Å²) in [7, 11) is 0. The van der Waals surface area contributed by atoms with Crippen LogP contribution < -0.4 is 5.32 Å². The molecule has 2 unspecified atom stereocenters. The van der Waals surface area contributed by atoms with Crippen molar-refractivity contribution in [3.63, 3.8) is 0 Å². The number of hydrogen-bond acceptors (Lipinski definition) is 3. The van der Waals surface area contributed by atoms with Crippen molar-refractivity contribution in [2.24, 2.45) is 5.92 Å². The van der Waals surface area contributed by atoms with Crippen LogP contribution in [-0.2, 0) is 11.3 Å². The fourth-order valence-corrected chi connectivity index (χ4v) is 2.93. The maximum absolute atomic E-state index is 9.76. The number of ether oxygens (including phenoxy) is 1. The molecule has 1 aromatic rings. The Kier molecular flexibility index (Phi) is 4.83. The van der Waals surface area contributed by atoms with Gasteiger partial charge in [0.05, 0.1) is 6.10 Å². The minimum absolute atomic E-state index is 0.416. The summed E-state index contributed by atoms with van der Waals surface area (Å²) in [6.45, 7) is 8.86. The number of phenols is 1. The monoisotopic (exact) mass is 263 g/mol. The first-order chi connectivity index (χ1) is 9.11. The van der Waals surface area contributed by atoms with Gasteiger partial charge in [0.25, 0.3) is 0 Å². The van der Waals surface area contributed by atoms with Crippen LogP contribution in [0, 0.1) is 19.8 Å². The van der Waals surface area contributed by atoms with Gasteiger partial charge in [-0.05, 0) is 49.3 Å². The average Bonchev–Trinajstić information content (AvgIpc) is 2.83. The van der Waals surface area contributed by atoms with Crippen molar-refractivity contribution in [2.75, 3.05) is 13.2 Å². The molecular weight excluding hydrogens is 238 g/mol. The Balaban J connectivity index is 1.86. The first-order valence-electron chi connectivity index (χ1n) is 7.23. The fourth-order valence-electron chi connectivity index (χ4n) is 2.93. The van der Waals surface area contributed by atoms with Crippen molar-refractivity contribution >= 4 is 0 Å². The number of aryl methyl sites for hydroxylation is 2. The van der Waals surface area contributed by atoms with Crippen molar-refractivity contribution < 1.29 is 9.84 Å². The topological polar surface area (TPSA) is 41.5 Å². The molecule has 0 radical (unpaired) electrons. The van der Waals surface area contributed by atoms with E-state index < -0.39 is 0 Å². The zero-order valence-corrected chi connectivity index (χ0v) is 12.2. The molecule has 0 spiro atoms. The molecule has 1 saturated heterocycles. The third-order valence-electron chi connectivity index (χ3n) is 4.04. The summed E-state index contributed by atoms with van der Waals surface area (Å²) in [4.78, 5) is 0. The Morgan fingerprint density at radius 3 is 2.63 bits per heavy atom. The summed E-state index contributed by atoms with van der Waals surface area (Å²) < 4.78 is 5.70. The summed E-state index contributed by atoms with van der Waals surface area (Å²) in [6, 6.07) is 4.11. The second-order valence-corrected chi connectivity index (χ2v) is 5.58. The second kappa shape index (κ2) is 6.40. The highest BCUT2D eigenvalue weighted by atomic mass is 16.5. The van der Waals surface area contributed by atoms with Crippen LogP contribution in [0.4, 0.5) is 0 Å². The van der Waals surface area contributed by atoms with Gasteiger partial charge in [0.2, 0.25) is 0 Å². The van der Waals surface area contributed by atoms with Gasteiger partial charge in [-0.25, -0.2) is 0 Å². The molecule has 2 atom stereocenters. The summed E-state index contributed by atoms with van der Waals surface area (Å²) in [6.07, 6.45) is 2.69. The maximum Gasteiger partial charge on any atom is 0.121 e. The predicted molar refractivity (Wildman–Crippen MR) is 77.4 cm³/mol. The second-order valence-electron chi connectivity index (χ2n) is 5.58. The molecule has 0 aliphatic carbocycles. The van der Waals surface area contributed by atoms with Gasteiger partial charge >= 0.3 is 0 Å². The van der Waals surface area contributed by atoms with E-state index in [9.17, 15) is 5.11 Å². The van der Waals surface area contributed by atoms with Crippen LogP contribution >= 0.6 is 0 Å². The lowest BCUT2D eigenvalue weighted by atomic mass is 9.99. The molecule has 106 valence electrons. The Morgan fingerprint density at radius 1 is 1.32 bits per heavy atom. The van der Waals surface area contributed by atoms with E-state index in [1.807, 2.05) is 13.8 Å².